The minimum absolute atomic E-state index is 0.0679. The third-order valence-corrected chi connectivity index (χ3v) is 6.07. The number of fused-ring (bicyclic) bond motifs is 1. The van der Waals surface area contributed by atoms with Crippen molar-refractivity contribution in [1.82, 2.24) is 15.1 Å². The zero-order chi connectivity index (χ0) is 20.9. The molecule has 2 aromatic carbocycles. The van der Waals surface area contributed by atoms with E-state index in [2.05, 4.69) is 14.9 Å². The zero-order valence-corrected chi connectivity index (χ0v) is 16.8. The van der Waals surface area contributed by atoms with Gasteiger partial charge >= 0.3 is 0 Å². The van der Waals surface area contributed by atoms with E-state index in [4.69, 9.17) is 0 Å². The predicted octanol–water partition coefficient (Wildman–Crippen LogP) is 2.72. The first-order chi connectivity index (χ1) is 13.7. The first-order valence-corrected chi connectivity index (χ1v) is 10.3. The van der Waals surface area contributed by atoms with Crippen LogP contribution in [-0.4, -0.2) is 42.4 Å². The maximum Gasteiger partial charge on any atom is 0.263 e. The first-order valence-electron chi connectivity index (χ1n) is 8.79. The Hall–Kier alpha value is -3.46. The van der Waals surface area contributed by atoms with Gasteiger partial charge in [0.2, 0.25) is 0 Å². The predicted molar refractivity (Wildman–Crippen MR) is 107 cm³/mol. The van der Waals surface area contributed by atoms with Crippen molar-refractivity contribution in [2.45, 2.75) is 18.7 Å². The maximum atomic E-state index is 12.8. The molecule has 2 amide bonds. The Labute approximate surface area is 167 Å². The number of amides is 2. The van der Waals surface area contributed by atoms with Crippen LogP contribution in [0.15, 0.2) is 47.4 Å². The number of nitrogens with one attached hydrogen (secondary N) is 2. The lowest BCUT2D eigenvalue weighted by atomic mass is 10.1. The smallest absolute Gasteiger partial charge is 0.263 e. The summed E-state index contributed by atoms with van der Waals surface area (Å²) >= 11 is 0. The standard InChI is InChI=1S/C20H18N4O4S/c1-11-6-12(2)8-13(7-11)17-10-18(22-21-17)23-29(27,28)14-4-5-15-16(9-14)20(26)24(3)19(15)25/h4-10H,1-3H3,(H2,21,22,23). The van der Waals surface area contributed by atoms with Gasteiger partial charge in [-0.3, -0.25) is 24.3 Å². The van der Waals surface area contributed by atoms with Crippen LogP contribution in [0.4, 0.5) is 5.82 Å². The van der Waals surface area contributed by atoms with E-state index in [1.54, 1.807) is 6.07 Å². The number of aryl methyl sites for hydroxylation is 2. The van der Waals surface area contributed by atoms with Gasteiger partial charge in [0.05, 0.1) is 21.7 Å². The van der Waals surface area contributed by atoms with Gasteiger partial charge in [-0.15, -0.1) is 0 Å². The summed E-state index contributed by atoms with van der Waals surface area (Å²) in [5.41, 5.74) is 3.99. The fourth-order valence-corrected chi connectivity index (χ4v) is 4.37. The van der Waals surface area contributed by atoms with Gasteiger partial charge in [0.1, 0.15) is 0 Å². The molecule has 2 N–H and O–H groups in total. The average molecular weight is 410 g/mol. The van der Waals surface area contributed by atoms with Crippen LogP contribution in [0.1, 0.15) is 31.8 Å². The summed E-state index contributed by atoms with van der Waals surface area (Å²) in [6.45, 7) is 3.96. The number of sulfonamides is 1. The number of hydrogen-bond donors (Lipinski definition) is 2. The molecular formula is C20H18N4O4S. The molecule has 1 aliphatic heterocycles. The third-order valence-electron chi connectivity index (χ3n) is 4.72. The summed E-state index contributed by atoms with van der Waals surface area (Å²) in [6.07, 6.45) is 0. The second-order valence-electron chi connectivity index (χ2n) is 7.03. The summed E-state index contributed by atoms with van der Waals surface area (Å²) in [6, 6.07) is 11.4. The van der Waals surface area contributed by atoms with Crippen molar-refractivity contribution in [2.75, 3.05) is 11.8 Å². The second-order valence-corrected chi connectivity index (χ2v) is 8.71. The van der Waals surface area contributed by atoms with Crippen LogP contribution in [0, 0.1) is 13.8 Å². The number of anilines is 1. The van der Waals surface area contributed by atoms with Gasteiger partial charge in [0.25, 0.3) is 21.8 Å². The molecule has 1 aromatic heterocycles. The normalized spacial score (nSPS) is 13.7. The number of aromatic amines is 1. The summed E-state index contributed by atoms with van der Waals surface area (Å²) in [4.78, 5) is 24.9. The van der Waals surface area contributed by atoms with Gasteiger partial charge in [0, 0.05) is 18.7 Å². The van der Waals surface area contributed by atoms with E-state index >= 15 is 0 Å². The van der Waals surface area contributed by atoms with Crippen molar-refractivity contribution in [1.29, 1.82) is 0 Å². The number of carbonyl (C=O) groups is 2. The Bertz CT molecular complexity index is 1260. The first kappa shape index (κ1) is 18.9. The molecule has 0 aliphatic carbocycles. The molecular weight excluding hydrogens is 392 g/mol. The van der Waals surface area contributed by atoms with Crippen LogP contribution in [0.5, 0.6) is 0 Å². The van der Waals surface area contributed by atoms with Crippen molar-refractivity contribution >= 4 is 27.7 Å². The van der Waals surface area contributed by atoms with Crippen LogP contribution in [0.25, 0.3) is 11.3 Å². The maximum absolute atomic E-state index is 12.8. The molecule has 0 bridgehead atoms. The van der Waals surface area contributed by atoms with Crippen molar-refractivity contribution in [2.24, 2.45) is 0 Å². The molecule has 2 heterocycles. The van der Waals surface area contributed by atoms with E-state index < -0.39 is 21.8 Å². The molecule has 148 valence electrons. The molecule has 0 saturated carbocycles. The molecule has 3 aromatic rings. The van der Waals surface area contributed by atoms with E-state index in [-0.39, 0.29) is 21.8 Å². The van der Waals surface area contributed by atoms with Crippen molar-refractivity contribution in [3.8, 4) is 11.3 Å². The van der Waals surface area contributed by atoms with E-state index in [0.29, 0.717) is 5.69 Å². The van der Waals surface area contributed by atoms with Crippen molar-refractivity contribution < 1.29 is 18.0 Å². The number of imide groups is 1. The SMILES string of the molecule is Cc1cc(C)cc(-c2cc(NS(=O)(=O)c3ccc4c(c3)C(=O)N(C)C4=O)n[nH]2)c1. The Morgan fingerprint density at radius 2 is 1.59 bits per heavy atom. The Kier molecular flexibility index (Phi) is 4.27. The number of benzene rings is 2. The van der Waals surface area contributed by atoms with Gasteiger partial charge in [-0.05, 0) is 44.2 Å². The summed E-state index contributed by atoms with van der Waals surface area (Å²) < 4.78 is 27.9. The Morgan fingerprint density at radius 3 is 2.28 bits per heavy atom. The molecule has 4 rings (SSSR count). The molecule has 0 unspecified atom stereocenters. The molecule has 0 spiro atoms. The lowest BCUT2D eigenvalue weighted by Gasteiger charge is -2.06. The van der Waals surface area contributed by atoms with Gasteiger partial charge in [0.15, 0.2) is 5.82 Å². The van der Waals surface area contributed by atoms with Crippen LogP contribution in [-0.2, 0) is 10.0 Å². The molecule has 8 nitrogen and oxygen atoms in total. The molecule has 9 heteroatoms. The summed E-state index contributed by atoms with van der Waals surface area (Å²) in [7, 11) is -2.64. The molecule has 1 aliphatic rings. The number of rotatable bonds is 4. The number of H-pyrrole nitrogens is 1. The van der Waals surface area contributed by atoms with Crippen LogP contribution in [0.2, 0.25) is 0 Å². The lowest BCUT2D eigenvalue weighted by molar-refractivity contribution is 0.0693. The average Bonchev–Trinajstić information content (AvgIpc) is 3.20. The number of nitrogens with zero attached hydrogens (tertiary/aromatic N) is 2. The van der Waals surface area contributed by atoms with Gasteiger partial charge in [-0.1, -0.05) is 17.2 Å². The second kappa shape index (κ2) is 6.56. The number of aromatic nitrogens is 2. The van der Waals surface area contributed by atoms with Crippen LogP contribution in [0.3, 0.4) is 0 Å². The molecule has 0 saturated heterocycles. The highest BCUT2D eigenvalue weighted by Crippen LogP contribution is 2.27. The lowest BCUT2D eigenvalue weighted by Crippen LogP contribution is -2.24. The minimum Gasteiger partial charge on any atom is -0.277 e. The summed E-state index contributed by atoms with van der Waals surface area (Å²) in [5.74, 6) is -0.856. The molecule has 0 fully saturated rings. The molecule has 29 heavy (non-hydrogen) atoms. The molecule has 0 radical (unpaired) electrons. The van der Waals surface area contributed by atoms with Crippen molar-refractivity contribution in [3.63, 3.8) is 0 Å². The highest BCUT2D eigenvalue weighted by Gasteiger charge is 2.34. The quantitative estimate of drug-likeness (QED) is 0.642. The number of carbonyl (C=O) groups excluding carboxylic acids is 2. The van der Waals surface area contributed by atoms with Crippen molar-refractivity contribution in [3.05, 3.63) is 64.7 Å². The van der Waals surface area contributed by atoms with Gasteiger partial charge < -0.3 is 0 Å². The zero-order valence-electron chi connectivity index (χ0n) is 16.0. The third kappa shape index (κ3) is 3.29. The van der Waals surface area contributed by atoms with Crippen LogP contribution >= 0.6 is 0 Å². The van der Waals surface area contributed by atoms with Gasteiger partial charge in [-0.2, -0.15) is 5.10 Å². The monoisotopic (exact) mass is 410 g/mol. The fraction of sp³-hybridized carbons (Fsp3) is 0.150. The minimum atomic E-state index is -3.99. The highest BCUT2D eigenvalue weighted by atomic mass is 32.2. The van der Waals surface area contributed by atoms with E-state index in [1.807, 2.05) is 32.0 Å². The van der Waals surface area contributed by atoms with E-state index in [9.17, 15) is 18.0 Å². The largest absolute Gasteiger partial charge is 0.277 e. The van der Waals surface area contributed by atoms with Crippen LogP contribution < -0.4 is 4.72 Å². The highest BCUT2D eigenvalue weighted by molar-refractivity contribution is 7.92. The fourth-order valence-electron chi connectivity index (χ4n) is 3.36. The van der Waals surface area contributed by atoms with E-state index in [0.717, 1.165) is 21.6 Å². The topological polar surface area (TPSA) is 112 Å². The summed E-state index contributed by atoms with van der Waals surface area (Å²) in [5, 5.41) is 6.86. The number of hydrogen-bond acceptors (Lipinski definition) is 5. The Morgan fingerprint density at radius 1 is 0.931 bits per heavy atom. The van der Waals surface area contributed by atoms with Gasteiger partial charge in [-0.25, -0.2) is 8.42 Å². The van der Waals surface area contributed by atoms with E-state index in [1.165, 1.54) is 25.2 Å². The Balaban J connectivity index is 1.63. The molecule has 0 atom stereocenters.